The van der Waals surface area contributed by atoms with Crippen molar-refractivity contribution < 1.29 is 4.74 Å². The Morgan fingerprint density at radius 2 is 2.18 bits per heavy atom. The standard InChI is InChI=1S/C13H17N3O/c1-10-4-5-13(17-3)12(8-10)14-9-11-6-7-16(2)15-11/h4-8,14H,9H2,1-3H3. The van der Waals surface area contributed by atoms with Crippen LogP contribution in [0.3, 0.4) is 0 Å². The molecule has 0 aliphatic carbocycles. The van der Waals surface area contributed by atoms with Crippen molar-refractivity contribution in [3.05, 3.63) is 41.7 Å². The molecule has 0 aliphatic heterocycles. The molecule has 17 heavy (non-hydrogen) atoms. The van der Waals surface area contributed by atoms with Crippen LogP contribution in [-0.4, -0.2) is 16.9 Å². The molecule has 2 aromatic rings. The van der Waals surface area contributed by atoms with Gasteiger partial charge in [0.25, 0.3) is 0 Å². The zero-order valence-electron chi connectivity index (χ0n) is 10.4. The Bertz CT molecular complexity index is 505. The molecule has 0 radical (unpaired) electrons. The van der Waals surface area contributed by atoms with Crippen molar-refractivity contribution >= 4 is 5.69 Å². The summed E-state index contributed by atoms with van der Waals surface area (Å²) in [5.74, 6) is 0.853. The minimum atomic E-state index is 0.695. The highest BCUT2D eigenvalue weighted by atomic mass is 16.5. The average molecular weight is 231 g/mol. The van der Waals surface area contributed by atoms with Crippen molar-refractivity contribution in [3.63, 3.8) is 0 Å². The second kappa shape index (κ2) is 4.91. The molecule has 0 saturated heterocycles. The highest BCUT2D eigenvalue weighted by Crippen LogP contribution is 2.25. The lowest BCUT2D eigenvalue weighted by Crippen LogP contribution is -2.03. The lowest BCUT2D eigenvalue weighted by atomic mass is 10.2. The summed E-state index contributed by atoms with van der Waals surface area (Å²) in [6.07, 6.45) is 1.94. The van der Waals surface area contributed by atoms with Gasteiger partial charge in [-0.25, -0.2) is 0 Å². The summed E-state index contributed by atoms with van der Waals surface area (Å²) in [6, 6.07) is 8.07. The second-order valence-corrected chi connectivity index (χ2v) is 4.04. The number of aryl methyl sites for hydroxylation is 2. The van der Waals surface area contributed by atoms with Crippen molar-refractivity contribution in [1.82, 2.24) is 9.78 Å². The molecule has 0 spiro atoms. The molecule has 4 nitrogen and oxygen atoms in total. The molecule has 1 aromatic heterocycles. The van der Waals surface area contributed by atoms with E-state index in [-0.39, 0.29) is 0 Å². The Labute approximate surface area is 101 Å². The van der Waals surface area contributed by atoms with E-state index >= 15 is 0 Å². The van der Waals surface area contributed by atoms with Crippen LogP contribution in [0.25, 0.3) is 0 Å². The van der Waals surface area contributed by atoms with E-state index in [2.05, 4.69) is 23.4 Å². The summed E-state index contributed by atoms with van der Waals surface area (Å²) < 4.78 is 7.10. The van der Waals surface area contributed by atoms with E-state index in [0.29, 0.717) is 6.54 Å². The molecule has 0 amide bonds. The van der Waals surface area contributed by atoms with Crippen LogP contribution in [-0.2, 0) is 13.6 Å². The van der Waals surface area contributed by atoms with Crippen molar-refractivity contribution in [3.8, 4) is 5.75 Å². The Kier molecular flexibility index (Phi) is 3.32. The van der Waals surface area contributed by atoms with Gasteiger partial charge in [-0.2, -0.15) is 5.10 Å². The van der Waals surface area contributed by atoms with Gasteiger partial charge in [0.15, 0.2) is 0 Å². The maximum Gasteiger partial charge on any atom is 0.141 e. The van der Waals surface area contributed by atoms with Gasteiger partial charge in [-0.3, -0.25) is 4.68 Å². The van der Waals surface area contributed by atoms with Gasteiger partial charge in [-0.15, -0.1) is 0 Å². The minimum absolute atomic E-state index is 0.695. The molecule has 1 N–H and O–H groups in total. The molecule has 0 bridgehead atoms. The first-order valence-electron chi connectivity index (χ1n) is 5.56. The molecule has 1 heterocycles. The molecule has 0 aliphatic rings. The minimum Gasteiger partial charge on any atom is -0.495 e. The fourth-order valence-corrected chi connectivity index (χ4v) is 1.70. The van der Waals surface area contributed by atoms with E-state index in [1.165, 1.54) is 5.56 Å². The quantitative estimate of drug-likeness (QED) is 0.878. The predicted octanol–water partition coefficient (Wildman–Crippen LogP) is 2.35. The van der Waals surface area contributed by atoms with Crippen molar-refractivity contribution in [1.29, 1.82) is 0 Å². The van der Waals surface area contributed by atoms with Gasteiger partial charge in [0, 0.05) is 13.2 Å². The largest absolute Gasteiger partial charge is 0.495 e. The Balaban J connectivity index is 2.10. The summed E-state index contributed by atoms with van der Waals surface area (Å²) >= 11 is 0. The predicted molar refractivity (Wildman–Crippen MR) is 68.3 cm³/mol. The third kappa shape index (κ3) is 2.78. The number of aromatic nitrogens is 2. The number of methoxy groups -OCH3 is 1. The summed E-state index contributed by atoms with van der Waals surface area (Å²) in [6.45, 7) is 2.76. The SMILES string of the molecule is COc1ccc(C)cc1NCc1ccn(C)n1. The van der Waals surface area contributed by atoms with Gasteiger partial charge in [0.2, 0.25) is 0 Å². The lowest BCUT2D eigenvalue weighted by Gasteiger charge is -2.10. The van der Waals surface area contributed by atoms with E-state index in [1.807, 2.05) is 31.4 Å². The van der Waals surface area contributed by atoms with Crippen LogP contribution in [0.2, 0.25) is 0 Å². The van der Waals surface area contributed by atoms with Gasteiger partial charge in [0.1, 0.15) is 5.75 Å². The second-order valence-electron chi connectivity index (χ2n) is 4.04. The Morgan fingerprint density at radius 3 is 2.82 bits per heavy atom. The fraction of sp³-hybridized carbons (Fsp3) is 0.308. The smallest absolute Gasteiger partial charge is 0.141 e. The average Bonchev–Trinajstić information content (AvgIpc) is 2.73. The van der Waals surface area contributed by atoms with Crippen LogP contribution in [0, 0.1) is 6.92 Å². The zero-order chi connectivity index (χ0) is 12.3. The summed E-state index contributed by atoms with van der Waals surface area (Å²) in [5, 5.41) is 7.65. The van der Waals surface area contributed by atoms with Gasteiger partial charge in [-0.1, -0.05) is 6.07 Å². The van der Waals surface area contributed by atoms with Crippen LogP contribution in [0.4, 0.5) is 5.69 Å². The molecule has 0 saturated carbocycles. The molecule has 0 atom stereocenters. The van der Waals surface area contributed by atoms with Gasteiger partial charge < -0.3 is 10.1 Å². The summed E-state index contributed by atoms with van der Waals surface area (Å²) in [7, 11) is 3.59. The number of ether oxygens (including phenoxy) is 1. The molecule has 2 rings (SSSR count). The molecule has 0 fully saturated rings. The van der Waals surface area contributed by atoms with Crippen LogP contribution in [0.5, 0.6) is 5.75 Å². The van der Waals surface area contributed by atoms with E-state index in [1.54, 1.807) is 11.8 Å². The number of nitrogens with one attached hydrogen (secondary N) is 1. The first-order chi connectivity index (χ1) is 8.19. The number of hydrogen-bond donors (Lipinski definition) is 1. The van der Waals surface area contributed by atoms with Crippen LogP contribution >= 0.6 is 0 Å². The zero-order valence-corrected chi connectivity index (χ0v) is 10.4. The highest BCUT2D eigenvalue weighted by Gasteiger charge is 2.03. The lowest BCUT2D eigenvalue weighted by molar-refractivity contribution is 0.416. The third-order valence-corrected chi connectivity index (χ3v) is 2.58. The topological polar surface area (TPSA) is 39.1 Å². The van der Waals surface area contributed by atoms with Gasteiger partial charge in [-0.05, 0) is 30.7 Å². The summed E-state index contributed by atoms with van der Waals surface area (Å²) in [5.41, 5.74) is 3.21. The highest BCUT2D eigenvalue weighted by molar-refractivity contribution is 5.58. The number of rotatable bonds is 4. The van der Waals surface area contributed by atoms with Crippen molar-refractivity contribution in [2.75, 3.05) is 12.4 Å². The summed E-state index contributed by atoms with van der Waals surface area (Å²) in [4.78, 5) is 0. The van der Waals surface area contributed by atoms with Gasteiger partial charge in [0.05, 0.1) is 25.0 Å². The first kappa shape index (κ1) is 11.5. The normalized spacial score (nSPS) is 10.3. The molecular weight excluding hydrogens is 214 g/mol. The maximum absolute atomic E-state index is 5.31. The van der Waals surface area contributed by atoms with Crippen molar-refractivity contribution in [2.45, 2.75) is 13.5 Å². The number of anilines is 1. The monoisotopic (exact) mass is 231 g/mol. The van der Waals surface area contributed by atoms with Crippen LogP contribution in [0.15, 0.2) is 30.5 Å². The van der Waals surface area contributed by atoms with Crippen molar-refractivity contribution in [2.24, 2.45) is 7.05 Å². The van der Waals surface area contributed by atoms with E-state index in [0.717, 1.165) is 17.1 Å². The van der Waals surface area contributed by atoms with Gasteiger partial charge >= 0.3 is 0 Å². The van der Waals surface area contributed by atoms with E-state index in [9.17, 15) is 0 Å². The van der Waals surface area contributed by atoms with E-state index < -0.39 is 0 Å². The van der Waals surface area contributed by atoms with Crippen LogP contribution < -0.4 is 10.1 Å². The van der Waals surface area contributed by atoms with Crippen LogP contribution in [0.1, 0.15) is 11.3 Å². The number of hydrogen-bond acceptors (Lipinski definition) is 3. The number of benzene rings is 1. The third-order valence-electron chi connectivity index (χ3n) is 2.58. The first-order valence-corrected chi connectivity index (χ1v) is 5.56. The molecule has 1 aromatic carbocycles. The maximum atomic E-state index is 5.31. The Morgan fingerprint density at radius 1 is 1.35 bits per heavy atom. The molecule has 90 valence electrons. The van der Waals surface area contributed by atoms with E-state index in [4.69, 9.17) is 4.74 Å². The Hall–Kier alpha value is -1.97. The molecule has 4 heteroatoms. The molecular formula is C13H17N3O. The fourth-order valence-electron chi connectivity index (χ4n) is 1.70. The number of nitrogens with zero attached hydrogens (tertiary/aromatic N) is 2. The molecule has 0 unspecified atom stereocenters.